The molecule has 0 bridgehead atoms. The molecule has 1 heterocycles. The molecular weight excluding hydrogens is 324 g/mol. The lowest BCUT2D eigenvalue weighted by Crippen LogP contribution is -2.31. The Morgan fingerprint density at radius 3 is 2.61 bits per heavy atom. The van der Waals surface area contributed by atoms with Crippen molar-refractivity contribution in [2.24, 2.45) is 0 Å². The first kappa shape index (κ1) is 15.9. The maximum Gasteiger partial charge on any atom is 0.315 e. The van der Waals surface area contributed by atoms with Crippen molar-refractivity contribution in [3.8, 4) is 11.4 Å². The molecule has 3 rings (SSSR count). The number of nitrogens with one attached hydrogen (secondary N) is 1. The van der Waals surface area contributed by atoms with Crippen LogP contribution in [0.3, 0.4) is 0 Å². The van der Waals surface area contributed by atoms with Crippen molar-refractivity contribution < 1.29 is 18.1 Å². The predicted octanol–water partition coefficient (Wildman–Crippen LogP) is 3.30. The molecule has 1 aliphatic carbocycles. The smallest absolute Gasteiger partial charge is 0.315 e. The van der Waals surface area contributed by atoms with Gasteiger partial charge in [-0.1, -0.05) is 17.3 Å². The fraction of sp³-hybridized carbons (Fsp3) is 0.400. The third-order valence-corrected chi connectivity index (χ3v) is 5.26. The fourth-order valence-electron chi connectivity index (χ4n) is 2.15. The van der Waals surface area contributed by atoms with E-state index in [4.69, 9.17) is 0 Å². The van der Waals surface area contributed by atoms with Crippen LogP contribution < -0.4 is 5.32 Å². The van der Waals surface area contributed by atoms with Crippen LogP contribution in [-0.4, -0.2) is 33.6 Å². The van der Waals surface area contributed by atoms with Gasteiger partial charge in [0.2, 0.25) is 5.82 Å². The van der Waals surface area contributed by atoms with E-state index in [0.29, 0.717) is 17.7 Å². The average molecular weight is 339 g/mol. The van der Waals surface area contributed by atoms with E-state index in [0.717, 1.165) is 12.8 Å². The molecule has 2 aromatic rings. The van der Waals surface area contributed by atoms with E-state index >= 15 is 0 Å². The third-order valence-electron chi connectivity index (χ3n) is 3.85. The number of hydrogen-bond donors (Lipinski definition) is 1. The van der Waals surface area contributed by atoms with Gasteiger partial charge in [-0.2, -0.15) is 25.5 Å². The van der Waals surface area contributed by atoms with E-state index in [2.05, 4.69) is 20.0 Å². The summed E-state index contributed by atoms with van der Waals surface area (Å²) in [6.45, 7) is 0.650. The minimum atomic E-state index is -2.80. The van der Waals surface area contributed by atoms with Crippen molar-refractivity contribution in [2.75, 3.05) is 12.8 Å². The summed E-state index contributed by atoms with van der Waals surface area (Å²) in [5.41, 5.74) is 1.02. The van der Waals surface area contributed by atoms with E-state index in [1.54, 1.807) is 36.0 Å². The Kier molecular flexibility index (Phi) is 4.34. The SMILES string of the molecule is CSC1(CNC(=O)c2ccc(-c3noc(C(F)F)n3)cc2)CC1. The lowest BCUT2D eigenvalue weighted by atomic mass is 10.1. The number of rotatable bonds is 6. The number of alkyl halides is 2. The largest absolute Gasteiger partial charge is 0.351 e. The molecule has 1 saturated carbocycles. The number of halogens is 2. The zero-order chi connectivity index (χ0) is 16.4. The van der Waals surface area contributed by atoms with Gasteiger partial charge < -0.3 is 9.84 Å². The van der Waals surface area contributed by atoms with E-state index < -0.39 is 12.3 Å². The molecule has 0 atom stereocenters. The van der Waals surface area contributed by atoms with Gasteiger partial charge in [0.25, 0.3) is 11.8 Å². The Hall–Kier alpha value is -1.96. The minimum Gasteiger partial charge on any atom is -0.351 e. The average Bonchev–Trinajstić information content (AvgIpc) is 3.18. The van der Waals surface area contributed by atoms with Crippen LogP contribution in [-0.2, 0) is 0 Å². The summed E-state index contributed by atoms with van der Waals surface area (Å²) >= 11 is 1.78. The quantitative estimate of drug-likeness (QED) is 0.874. The molecule has 0 radical (unpaired) electrons. The second-order valence-electron chi connectivity index (χ2n) is 5.40. The second kappa shape index (κ2) is 6.27. The van der Waals surface area contributed by atoms with Gasteiger partial charge in [0, 0.05) is 22.4 Å². The molecular formula is C15H15F2N3O2S. The monoisotopic (exact) mass is 339 g/mol. The molecule has 0 spiro atoms. The fourth-order valence-corrected chi connectivity index (χ4v) is 2.87. The van der Waals surface area contributed by atoms with Crippen LogP contribution in [0.25, 0.3) is 11.4 Å². The number of carbonyl (C=O) groups excluding carboxylic acids is 1. The Labute approximate surface area is 135 Å². The van der Waals surface area contributed by atoms with Gasteiger partial charge in [0.1, 0.15) is 0 Å². The van der Waals surface area contributed by atoms with Crippen molar-refractivity contribution >= 4 is 17.7 Å². The molecule has 0 aliphatic heterocycles. The summed E-state index contributed by atoms with van der Waals surface area (Å²) < 4.78 is 29.5. The molecule has 1 aliphatic rings. The molecule has 1 amide bonds. The molecule has 8 heteroatoms. The van der Waals surface area contributed by atoms with Gasteiger partial charge in [0.15, 0.2) is 0 Å². The molecule has 0 saturated heterocycles. The summed E-state index contributed by atoms with van der Waals surface area (Å²) in [7, 11) is 0. The maximum atomic E-state index is 12.4. The third kappa shape index (κ3) is 3.52. The maximum absolute atomic E-state index is 12.4. The normalized spacial score (nSPS) is 15.7. The van der Waals surface area contributed by atoms with Gasteiger partial charge in [-0.3, -0.25) is 4.79 Å². The number of carbonyl (C=O) groups is 1. The Morgan fingerprint density at radius 2 is 2.09 bits per heavy atom. The number of benzene rings is 1. The first-order valence-corrected chi connectivity index (χ1v) is 8.31. The van der Waals surface area contributed by atoms with Crippen molar-refractivity contribution in [3.63, 3.8) is 0 Å². The number of hydrogen-bond acceptors (Lipinski definition) is 5. The van der Waals surface area contributed by atoms with Gasteiger partial charge in [0.05, 0.1) is 0 Å². The van der Waals surface area contributed by atoms with Crippen LogP contribution in [0.1, 0.15) is 35.5 Å². The van der Waals surface area contributed by atoms with E-state index in [9.17, 15) is 13.6 Å². The topological polar surface area (TPSA) is 68.0 Å². The first-order valence-electron chi connectivity index (χ1n) is 7.08. The minimum absolute atomic E-state index is 0.0755. The predicted molar refractivity (Wildman–Crippen MR) is 82.5 cm³/mol. The van der Waals surface area contributed by atoms with Crippen molar-refractivity contribution in [3.05, 3.63) is 35.7 Å². The summed E-state index contributed by atoms with van der Waals surface area (Å²) in [4.78, 5) is 15.7. The highest BCUT2D eigenvalue weighted by Gasteiger charge is 2.41. The molecule has 5 nitrogen and oxygen atoms in total. The standard InChI is InChI=1S/C15H15F2N3O2S/c1-23-15(6-7-15)8-18-13(21)10-4-2-9(3-5-10)12-19-14(11(16)17)22-20-12/h2-5,11H,6-8H2,1H3,(H,18,21). The van der Waals surface area contributed by atoms with Crippen LogP contribution in [0.15, 0.2) is 28.8 Å². The molecule has 122 valence electrons. The summed E-state index contributed by atoms with van der Waals surface area (Å²) in [6.07, 6.45) is 1.49. The van der Waals surface area contributed by atoms with Gasteiger partial charge in [-0.05, 0) is 31.2 Å². The zero-order valence-electron chi connectivity index (χ0n) is 12.4. The number of aromatic nitrogens is 2. The number of nitrogens with zero attached hydrogens (tertiary/aromatic N) is 2. The van der Waals surface area contributed by atoms with Crippen molar-refractivity contribution in [1.82, 2.24) is 15.5 Å². The highest BCUT2D eigenvalue weighted by Crippen LogP contribution is 2.46. The van der Waals surface area contributed by atoms with Gasteiger partial charge in [-0.25, -0.2) is 0 Å². The zero-order valence-corrected chi connectivity index (χ0v) is 13.2. The number of amides is 1. The van der Waals surface area contributed by atoms with E-state index in [-0.39, 0.29) is 16.5 Å². The Bertz CT molecular complexity index is 699. The molecule has 1 aromatic carbocycles. The van der Waals surface area contributed by atoms with Crippen LogP contribution >= 0.6 is 11.8 Å². The van der Waals surface area contributed by atoms with E-state index in [1.165, 1.54) is 0 Å². The van der Waals surface area contributed by atoms with Crippen molar-refractivity contribution in [2.45, 2.75) is 24.0 Å². The first-order chi connectivity index (χ1) is 11.0. The van der Waals surface area contributed by atoms with Gasteiger partial charge in [-0.15, -0.1) is 0 Å². The number of thioether (sulfide) groups is 1. The molecule has 23 heavy (non-hydrogen) atoms. The van der Waals surface area contributed by atoms with Gasteiger partial charge >= 0.3 is 6.43 Å². The molecule has 1 N–H and O–H groups in total. The van der Waals surface area contributed by atoms with Crippen LogP contribution in [0.5, 0.6) is 0 Å². The highest BCUT2D eigenvalue weighted by molar-refractivity contribution is 8.00. The second-order valence-corrected chi connectivity index (χ2v) is 6.68. The van der Waals surface area contributed by atoms with Crippen LogP contribution in [0.4, 0.5) is 8.78 Å². The summed E-state index contributed by atoms with van der Waals surface area (Å²) in [5, 5.41) is 6.42. The molecule has 1 aromatic heterocycles. The summed E-state index contributed by atoms with van der Waals surface area (Å²) in [6, 6.07) is 6.44. The van der Waals surface area contributed by atoms with Crippen molar-refractivity contribution in [1.29, 1.82) is 0 Å². The van der Waals surface area contributed by atoms with Crippen LogP contribution in [0, 0.1) is 0 Å². The highest BCUT2D eigenvalue weighted by atomic mass is 32.2. The lowest BCUT2D eigenvalue weighted by molar-refractivity contribution is 0.0953. The Morgan fingerprint density at radius 1 is 1.39 bits per heavy atom. The van der Waals surface area contributed by atoms with Crippen LogP contribution in [0.2, 0.25) is 0 Å². The summed E-state index contributed by atoms with van der Waals surface area (Å²) in [5.74, 6) is -0.793. The van der Waals surface area contributed by atoms with E-state index in [1.807, 2.05) is 6.26 Å². The lowest BCUT2D eigenvalue weighted by Gasteiger charge is -2.13. The molecule has 1 fully saturated rings. The molecule has 0 unspecified atom stereocenters. The Balaban J connectivity index is 1.65.